The van der Waals surface area contributed by atoms with Gasteiger partial charge in [0, 0.05) is 0 Å². The number of esters is 3. The number of hydrogen-bond donors (Lipinski definition) is 0. The van der Waals surface area contributed by atoms with Crippen molar-refractivity contribution in [3.8, 4) is 39.5 Å². The number of halogens is 4. The van der Waals surface area contributed by atoms with E-state index in [1.54, 1.807) is 12.1 Å². The Kier molecular flexibility index (Phi) is 49.0. The molecule has 2 bridgehead atoms. The lowest BCUT2D eigenvalue weighted by Crippen LogP contribution is -2.44. The Morgan fingerprint density at radius 1 is 0.354 bits per heavy atom. The molecule has 16 rings (SSSR count). The minimum Gasteiger partial charge on any atom is -0.485 e. The average molecular weight is 2010 g/mol. The molecule has 4 unspecified atom stereocenters. The first-order valence-electron chi connectivity index (χ1n) is 59.1. The minimum atomic E-state index is -0.697. The van der Waals surface area contributed by atoms with Gasteiger partial charge >= 0.3 is 17.9 Å². The van der Waals surface area contributed by atoms with E-state index in [1.807, 2.05) is 129 Å². The first-order chi connectivity index (χ1) is 71.5. The standard InChI is InChI=1S/C44H58O4.C33H46F2O.C29H46F2O.C29H34O2/c1-3-5-8-12-33-16-20-35(21-17-33)37-24-28-40(29-25-37)43(45)47-32-42(39-14-10-7-11-15-39)48-44(46)41-30-26-38(27-31-41)36-22-18-34(19-23-36)13-9-6-4-2;1-4-6-8-9-11-25(3)36-31-29(34)23-27(24-30(31)35)26-12-14-28(15-13-26)33-20-17-32(18-21-33,19-22-33)16-10-7-5-2;1-4-6-7-8-10-21(3)32-29-27(30)19-26(20-28(29)31)25-17-15-24(16-18-25)23-13-11-22(9-5-2)12-14-23;1-4-6-7-8-23-9-13-25(14-10-23)26-15-17-27(18-16-26)29(30)31-28-19-11-24(12-20-28)21-22(3)5-2/h7,10-11,14-15,24-31,33-36,42H,3-6,8-9,12-13,16-23,32H2,1-2H3;12-15,23-25H,4-11,16-22H2,1-3H3;19-25H,4-18H2,1-3H3;9-20,22H,4-8,21H2,1-3H3. The number of unbranched alkanes of at least 4 members (excludes halogenated alkanes) is 14. The number of fused-ring (bicyclic) bond motifs is 3. The summed E-state index contributed by atoms with van der Waals surface area (Å²) in [7, 11) is 0. The molecule has 800 valence electrons. The molecule has 9 aromatic carbocycles. The molecule has 147 heavy (non-hydrogen) atoms. The Morgan fingerprint density at radius 3 is 1.24 bits per heavy atom. The van der Waals surface area contributed by atoms with Gasteiger partial charge in [0.2, 0.25) is 0 Å². The molecule has 0 saturated heterocycles. The smallest absolute Gasteiger partial charge is 0.343 e. The van der Waals surface area contributed by atoms with Crippen LogP contribution in [0.15, 0.2) is 200 Å². The number of rotatable bonds is 50. The summed E-state index contributed by atoms with van der Waals surface area (Å²) in [6.45, 7) is 23.9. The van der Waals surface area contributed by atoms with Crippen molar-refractivity contribution in [2.75, 3.05) is 6.61 Å². The van der Waals surface area contributed by atoms with Crippen molar-refractivity contribution >= 4 is 17.9 Å². The van der Waals surface area contributed by atoms with Crippen LogP contribution in [0, 0.1) is 64.2 Å². The highest BCUT2D eigenvalue weighted by atomic mass is 19.1. The lowest BCUT2D eigenvalue weighted by atomic mass is 9.51. The third-order valence-corrected chi connectivity index (χ3v) is 34.7. The average Bonchev–Trinajstić information content (AvgIpc) is 0.746. The number of carbonyl (C=O) groups excluding carboxylic acids is 3. The Hall–Kier alpha value is -9.29. The molecular formula is C135H184F4O8. The molecule has 0 aliphatic heterocycles. The van der Waals surface area contributed by atoms with Gasteiger partial charge in [-0.05, 0) is 392 Å². The van der Waals surface area contributed by atoms with Crippen molar-refractivity contribution < 1.29 is 55.6 Å². The normalized spacial score (nSPS) is 21.4. The predicted octanol–water partition coefficient (Wildman–Crippen LogP) is 40.2. The van der Waals surface area contributed by atoms with E-state index in [1.165, 1.54) is 303 Å². The van der Waals surface area contributed by atoms with E-state index in [2.05, 4.69) is 123 Å². The van der Waals surface area contributed by atoms with E-state index in [-0.39, 0.29) is 42.2 Å². The van der Waals surface area contributed by atoms with Gasteiger partial charge < -0.3 is 23.7 Å². The molecule has 0 radical (unpaired) electrons. The Morgan fingerprint density at radius 2 is 0.755 bits per heavy atom. The monoisotopic (exact) mass is 2010 g/mol. The molecule has 4 atom stereocenters. The number of benzene rings is 9. The van der Waals surface area contributed by atoms with E-state index in [0.717, 1.165) is 128 Å². The van der Waals surface area contributed by atoms with Gasteiger partial charge in [0.25, 0.3) is 0 Å². The Balaban J connectivity index is 0.000000177. The number of hydrogen-bond acceptors (Lipinski definition) is 8. The molecule has 0 aromatic heterocycles. The van der Waals surface area contributed by atoms with Crippen LogP contribution in [0.5, 0.6) is 17.2 Å². The van der Waals surface area contributed by atoms with Gasteiger partial charge in [-0.1, -0.05) is 344 Å². The molecule has 0 spiro atoms. The summed E-state index contributed by atoms with van der Waals surface area (Å²) in [5, 5.41) is 0. The molecule has 7 aliphatic rings. The summed E-state index contributed by atoms with van der Waals surface area (Å²) in [5.41, 5.74) is 14.5. The molecule has 7 saturated carbocycles. The van der Waals surface area contributed by atoms with E-state index < -0.39 is 41.3 Å². The zero-order chi connectivity index (χ0) is 104. The number of ether oxygens (including phenoxy) is 5. The lowest BCUT2D eigenvalue weighted by molar-refractivity contribution is -0.00134. The summed E-state index contributed by atoms with van der Waals surface area (Å²) in [4.78, 5) is 38.9. The summed E-state index contributed by atoms with van der Waals surface area (Å²) in [6, 6.07) is 64.1. The number of aryl methyl sites for hydroxylation is 1. The largest absolute Gasteiger partial charge is 0.485 e. The first-order valence-corrected chi connectivity index (χ1v) is 59.1. The van der Waals surface area contributed by atoms with E-state index >= 15 is 0 Å². The zero-order valence-electron chi connectivity index (χ0n) is 92.2. The van der Waals surface area contributed by atoms with Crippen molar-refractivity contribution in [2.24, 2.45) is 40.9 Å². The van der Waals surface area contributed by atoms with Crippen molar-refractivity contribution in [1.82, 2.24) is 0 Å². The summed E-state index contributed by atoms with van der Waals surface area (Å²) < 4.78 is 87.9. The van der Waals surface area contributed by atoms with Gasteiger partial charge in [0.15, 0.2) is 40.9 Å². The highest BCUT2D eigenvalue weighted by molar-refractivity contribution is 5.92. The maximum absolute atomic E-state index is 14.9. The second kappa shape index (κ2) is 61.9. The van der Waals surface area contributed by atoms with Crippen LogP contribution in [0.25, 0.3) is 22.3 Å². The second-order valence-corrected chi connectivity index (χ2v) is 45.7. The van der Waals surface area contributed by atoms with E-state index in [4.69, 9.17) is 23.7 Å². The van der Waals surface area contributed by atoms with Crippen LogP contribution in [0.3, 0.4) is 0 Å². The fourth-order valence-corrected chi connectivity index (χ4v) is 24.8. The molecule has 0 heterocycles. The van der Waals surface area contributed by atoms with Gasteiger partial charge in [-0.15, -0.1) is 0 Å². The number of carbonyl (C=O) groups is 3. The SMILES string of the molecule is CCCCCC1CCC(c2ccc(C(=O)OCC(OC(=O)c3ccc(C4CCC(CCCCC)CC4)cc3)c3ccccc3)cc2)CC1.CCCCCCC(C)Oc1c(F)cc(-c2ccc(C34CCC(CCCCC)(CC3)CC4)cc2)cc1F.CCCCCCC(C)Oc1c(F)cc(C2CCC(C3CCC(CCC)CC3)CC2)cc1F.CCCCCc1ccc(-c2ccc(C(=O)Oc3ccc(CC(C)CC)cc3)cc2)cc1. The van der Waals surface area contributed by atoms with Gasteiger partial charge in [0.1, 0.15) is 12.4 Å². The molecule has 7 fully saturated rings. The quantitative estimate of drug-likeness (QED) is 0.0161. The van der Waals surface area contributed by atoms with Gasteiger partial charge in [-0.2, -0.15) is 0 Å². The first kappa shape index (κ1) is 116. The maximum atomic E-state index is 14.9. The molecule has 7 aliphatic carbocycles. The fraction of sp³-hybridized carbons (Fsp3) is 0.578. The van der Waals surface area contributed by atoms with Crippen LogP contribution in [-0.2, 0) is 27.7 Å². The predicted molar refractivity (Wildman–Crippen MR) is 602 cm³/mol. The highest BCUT2D eigenvalue weighted by Gasteiger charge is 2.49. The molecular weight excluding hydrogens is 1830 g/mol. The minimum absolute atomic E-state index is 0.0437. The third-order valence-electron chi connectivity index (χ3n) is 34.7. The molecule has 8 nitrogen and oxygen atoms in total. The topological polar surface area (TPSA) is 97.4 Å². The molecule has 9 aromatic rings. The zero-order valence-corrected chi connectivity index (χ0v) is 92.2. The van der Waals surface area contributed by atoms with E-state index in [0.29, 0.717) is 56.6 Å². The molecule has 12 heteroatoms. The second-order valence-electron chi connectivity index (χ2n) is 45.7. The van der Waals surface area contributed by atoms with Crippen LogP contribution >= 0.6 is 0 Å². The van der Waals surface area contributed by atoms with Gasteiger partial charge in [0.05, 0.1) is 28.9 Å². The third kappa shape index (κ3) is 36.5. The summed E-state index contributed by atoms with van der Waals surface area (Å²) >= 11 is 0. The van der Waals surface area contributed by atoms with Crippen molar-refractivity contribution in [3.05, 3.63) is 279 Å². The summed E-state index contributed by atoms with van der Waals surface area (Å²) in [6.07, 6.45) is 63.9. The van der Waals surface area contributed by atoms with Gasteiger partial charge in [-0.25, -0.2) is 31.9 Å². The van der Waals surface area contributed by atoms with Crippen molar-refractivity contribution in [1.29, 1.82) is 0 Å². The highest BCUT2D eigenvalue weighted by Crippen LogP contribution is 2.60. The molecule has 0 N–H and O–H groups in total. The Bertz CT molecular complexity index is 5180. The van der Waals surface area contributed by atoms with Crippen LogP contribution in [-0.4, -0.2) is 36.7 Å². The van der Waals surface area contributed by atoms with E-state index in [9.17, 15) is 31.9 Å². The Labute approximate surface area is 885 Å². The van der Waals surface area contributed by atoms with Gasteiger partial charge in [-0.3, -0.25) is 0 Å². The van der Waals surface area contributed by atoms with Crippen LogP contribution < -0.4 is 14.2 Å². The van der Waals surface area contributed by atoms with Crippen LogP contribution in [0.4, 0.5) is 17.6 Å². The fourth-order valence-electron chi connectivity index (χ4n) is 24.8. The summed E-state index contributed by atoms with van der Waals surface area (Å²) in [5.74, 6) is 3.21. The lowest BCUT2D eigenvalue weighted by Gasteiger charge is -2.54. The maximum Gasteiger partial charge on any atom is 0.343 e. The van der Waals surface area contributed by atoms with Crippen molar-refractivity contribution in [3.63, 3.8) is 0 Å². The van der Waals surface area contributed by atoms with Crippen LogP contribution in [0.1, 0.15) is 491 Å². The van der Waals surface area contributed by atoms with Crippen LogP contribution in [0.2, 0.25) is 0 Å². The molecule has 0 amide bonds. The van der Waals surface area contributed by atoms with Crippen molar-refractivity contribution in [2.45, 2.75) is 452 Å².